The molecule has 0 aliphatic rings. The summed E-state index contributed by atoms with van der Waals surface area (Å²) in [6.45, 7) is 5.11. The molecule has 0 aliphatic carbocycles. The first-order valence-corrected chi connectivity index (χ1v) is 8.53. The Morgan fingerprint density at radius 3 is 2.32 bits per heavy atom. The molecule has 0 unspecified atom stereocenters. The first-order valence-electron chi connectivity index (χ1n) is 8.53. The molecule has 0 aliphatic heterocycles. The van der Waals surface area contributed by atoms with Crippen molar-refractivity contribution in [2.24, 2.45) is 0 Å². The lowest BCUT2D eigenvalue weighted by Gasteiger charge is -2.21. The van der Waals surface area contributed by atoms with Gasteiger partial charge in [-0.3, -0.25) is 4.90 Å². The van der Waals surface area contributed by atoms with Crippen LogP contribution in [0.15, 0.2) is 65.1 Å². The number of oxazole rings is 1. The molecule has 0 radical (unpaired) electrons. The van der Waals surface area contributed by atoms with Crippen LogP contribution in [0, 0.1) is 6.92 Å². The molecular formula is C21H24N2O2. The molecule has 0 fully saturated rings. The van der Waals surface area contributed by atoms with Crippen LogP contribution in [0.3, 0.4) is 0 Å². The summed E-state index contributed by atoms with van der Waals surface area (Å²) in [5, 5.41) is 0. The van der Waals surface area contributed by atoms with E-state index < -0.39 is 0 Å². The zero-order valence-electron chi connectivity index (χ0n) is 14.8. The van der Waals surface area contributed by atoms with E-state index in [4.69, 9.17) is 14.1 Å². The molecule has 0 spiro atoms. The Hall–Kier alpha value is -2.43. The van der Waals surface area contributed by atoms with Crippen molar-refractivity contribution in [3.8, 4) is 11.5 Å². The van der Waals surface area contributed by atoms with Crippen molar-refractivity contribution in [3.05, 3.63) is 77.7 Å². The van der Waals surface area contributed by atoms with Crippen molar-refractivity contribution in [2.45, 2.75) is 20.0 Å². The summed E-state index contributed by atoms with van der Waals surface area (Å²) in [5.41, 5.74) is 3.26. The summed E-state index contributed by atoms with van der Waals surface area (Å²) < 4.78 is 11.2. The molecule has 1 heterocycles. The minimum atomic E-state index is 0.680. The van der Waals surface area contributed by atoms with Crippen molar-refractivity contribution >= 4 is 0 Å². The van der Waals surface area contributed by atoms with Crippen LogP contribution >= 0.6 is 0 Å². The van der Waals surface area contributed by atoms with Crippen LogP contribution in [-0.2, 0) is 17.8 Å². The van der Waals surface area contributed by atoms with Gasteiger partial charge in [0.2, 0.25) is 5.89 Å². The Balaban J connectivity index is 1.76. The van der Waals surface area contributed by atoms with Crippen molar-refractivity contribution in [2.75, 3.05) is 20.3 Å². The molecule has 130 valence electrons. The summed E-state index contributed by atoms with van der Waals surface area (Å²) in [4.78, 5) is 7.05. The van der Waals surface area contributed by atoms with E-state index in [0.717, 1.165) is 36.7 Å². The number of ether oxygens (including phenoxy) is 1. The predicted molar refractivity (Wildman–Crippen MR) is 99.1 cm³/mol. The second-order valence-electron chi connectivity index (χ2n) is 6.08. The van der Waals surface area contributed by atoms with Gasteiger partial charge in [0.25, 0.3) is 0 Å². The van der Waals surface area contributed by atoms with Gasteiger partial charge in [0, 0.05) is 32.3 Å². The number of aromatic nitrogens is 1. The molecule has 0 saturated carbocycles. The maximum atomic E-state index is 5.89. The van der Waals surface area contributed by atoms with Gasteiger partial charge in [-0.1, -0.05) is 48.5 Å². The standard InChI is InChI=1S/C21H24N2O2/c1-17-20(22-21(25-17)19-11-7-4-8-12-19)16-23(13-14-24-2)15-18-9-5-3-6-10-18/h3-12H,13-16H2,1-2H3. The van der Waals surface area contributed by atoms with E-state index in [2.05, 4.69) is 29.2 Å². The van der Waals surface area contributed by atoms with Gasteiger partial charge in [-0.2, -0.15) is 0 Å². The number of methoxy groups -OCH3 is 1. The van der Waals surface area contributed by atoms with Crippen LogP contribution in [0.4, 0.5) is 0 Å². The monoisotopic (exact) mass is 336 g/mol. The molecule has 0 amide bonds. The third-order valence-electron chi connectivity index (χ3n) is 4.15. The zero-order valence-corrected chi connectivity index (χ0v) is 14.8. The number of rotatable bonds is 8. The highest BCUT2D eigenvalue weighted by Gasteiger charge is 2.15. The lowest BCUT2D eigenvalue weighted by Crippen LogP contribution is -2.27. The number of benzene rings is 2. The Bertz CT molecular complexity index is 769. The molecule has 25 heavy (non-hydrogen) atoms. The third kappa shape index (κ3) is 4.78. The number of hydrogen-bond donors (Lipinski definition) is 0. The van der Waals surface area contributed by atoms with E-state index in [1.165, 1.54) is 5.56 Å². The summed E-state index contributed by atoms with van der Waals surface area (Å²) in [6.07, 6.45) is 0. The van der Waals surface area contributed by atoms with Crippen LogP contribution in [0.5, 0.6) is 0 Å². The van der Waals surface area contributed by atoms with E-state index in [1.54, 1.807) is 7.11 Å². The van der Waals surface area contributed by atoms with Gasteiger partial charge in [-0.25, -0.2) is 4.98 Å². The fourth-order valence-corrected chi connectivity index (χ4v) is 2.77. The van der Waals surface area contributed by atoms with Crippen LogP contribution in [0.25, 0.3) is 11.5 Å². The highest BCUT2D eigenvalue weighted by Crippen LogP contribution is 2.22. The first-order chi connectivity index (χ1) is 12.3. The van der Waals surface area contributed by atoms with Crippen LogP contribution in [0.1, 0.15) is 17.0 Å². The molecule has 3 aromatic rings. The average Bonchev–Trinajstić information content (AvgIpc) is 3.02. The van der Waals surface area contributed by atoms with Gasteiger partial charge in [-0.05, 0) is 24.6 Å². The summed E-state index contributed by atoms with van der Waals surface area (Å²) in [5.74, 6) is 1.55. The Morgan fingerprint density at radius 2 is 1.64 bits per heavy atom. The highest BCUT2D eigenvalue weighted by atomic mass is 16.5. The van der Waals surface area contributed by atoms with Gasteiger partial charge < -0.3 is 9.15 Å². The Kier molecular flexibility index (Phi) is 5.99. The largest absolute Gasteiger partial charge is 0.441 e. The molecule has 0 N–H and O–H groups in total. The molecule has 0 atom stereocenters. The third-order valence-corrected chi connectivity index (χ3v) is 4.15. The van der Waals surface area contributed by atoms with E-state index >= 15 is 0 Å². The van der Waals surface area contributed by atoms with E-state index in [1.807, 2.05) is 43.3 Å². The lowest BCUT2D eigenvalue weighted by atomic mass is 10.2. The molecular weight excluding hydrogens is 312 g/mol. The lowest BCUT2D eigenvalue weighted by molar-refractivity contribution is 0.139. The summed E-state index contributed by atoms with van der Waals surface area (Å²) in [7, 11) is 1.73. The molecule has 4 nitrogen and oxygen atoms in total. The molecule has 0 saturated heterocycles. The van der Waals surface area contributed by atoms with Crippen LogP contribution in [0.2, 0.25) is 0 Å². The normalized spacial score (nSPS) is 11.2. The minimum absolute atomic E-state index is 0.680. The van der Waals surface area contributed by atoms with Crippen LogP contribution < -0.4 is 0 Å². The SMILES string of the molecule is COCCN(Cc1ccccc1)Cc1nc(-c2ccccc2)oc1C. The van der Waals surface area contributed by atoms with Crippen molar-refractivity contribution in [1.29, 1.82) is 0 Å². The number of aryl methyl sites for hydroxylation is 1. The predicted octanol–water partition coefficient (Wildman–Crippen LogP) is 4.30. The van der Waals surface area contributed by atoms with Gasteiger partial charge in [0.15, 0.2) is 0 Å². The van der Waals surface area contributed by atoms with Crippen LogP contribution in [-0.4, -0.2) is 30.1 Å². The topological polar surface area (TPSA) is 38.5 Å². The van der Waals surface area contributed by atoms with Crippen molar-refractivity contribution < 1.29 is 9.15 Å². The van der Waals surface area contributed by atoms with Gasteiger partial charge in [0.05, 0.1) is 12.3 Å². The quantitative estimate of drug-likeness (QED) is 0.615. The second kappa shape index (κ2) is 8.60. The van der Waals surface area contributed by atoms with Gasteiger partial charge in [-0.15, -0.1) is 0 Å². The Morgan fingerprint density at radius 1 is 0.960 bits per heavy atom. The smallest absolute Gasteiger partial charge is 0.226 e. The summed E-state index contributed by atoms with van der Waals surface area (Å²) >= 11 is 0. The minimum Gasteiger partial charge on any atom is -0.441 e. The van der Waals surface area contributed by atoms with E-state index in [0.29, 0.717) is 12.5 Å². The Labute approximate surface area is 149 Å². The fourth-order valence-electron chi connectivity index (χ4n) is 2.77. The van der Waals surface area contributed by atoms with E-state index in [9.17, 15) is 0 Å². The van der Waals surface area contributed by atoms with Gasteiger partial charge in [0.1, 0.15) is 5.76 Å². The van der Waals surface area contributed by atoms with E-state index in [-0.39, 0.29) is 0 Å². The fraction of sp³-hybridized carbons (Fsp3) is 0.286. The second-order valence-corrected chi connectivity index (χ2v) is 6.08. The highest BCUT2D eigenvalue weighted by molar-refractivity contribution is 5.53. The number of nitrogens with zero attached hydrogens (tertiary/aromatic N) is 2. The molecule has 2 aromatic carbocycles. The first kappa shape index (κ1) is 17.4. The summed E-state index contributed by atoms with van der Waals surface area (Å²) in [6, 6.07) is 20.5. The molecule has 0 bridgehead atoms. The molecule has 1 aromatic heterocycles. The maximum absolute atomic E-state index is 5.89. The maximum Gasteiger partial charge on any atom is 0.226 e. The number of hydrogen-bond acceptors (Lipinski definition) is 4. The van der Waals surface area contributed by atoms with Crippen molar-refractivity contribution in [3.63, 3.8) is 0 Å². The molecule has 4 heteroatoms. The molecule has 3 rings (SSSR count). The van der Waals surface area contributed by atoms with Crippen molar-refractivity contribution in [1.82, 2.24) is 9.88 Å². The average molecular weight is 336 g/mol. The zero-order chi connectivity index (χ0) is 17.5. The van der Waals surface area contributed by atoms with Gasteiger partial charge >= 0.3 is 0 Å².